The molecule has 1 aliphatic heterocycles. The highest BCUT2D eigenvalue weighted by molar-refractivity contribution is 5.99. The van der Waals surface area contributed by atoms with Gasteiger partial charge in [-0.1, -0.05) is 29.8 Å². The number of anilines is 1. The Kier molecular flexibility index (Phi) is 6.72. The molecule has 2 atom stereocenters. The average molecular weight is 410 g/mol. The molecule has 158 valence electrons. The molecule has 3 rings (SSSR count). The first-order chi connectivity index (χ1) is 14.4. The third-order valence-electron chi connectivity index (χ3n) is 5.09. The summed E-state index contributed by atoms with van der Waals surface area (Å²) in [4.78, 5) is 38.7. The zero-order valence-electron chi connectivity index (χ0n) is 17.4. The molecule has 0 spiro atoms. The van der Waals surface area contributed by atoms with Gasteiger partial charge in [-0.05, 0) is 43.7 Å². The summed E-state index contributed by atoms with van der Waals surface area (Å²) in [7, 11) is 1.59. The van der Waals surface area contributed by atoms with Gasteiger partial charge in [0, 0.05) is 25.2 Å². The summed E-state index contributed by atoms with van der Waals surface area (Å²) >= 11 is 0. The molecule has 1 aliphatic rings. The minimum atomic E-state index is -0.945. The Morgan fingerprint density at radius 2 is 1.80 bits per heavy atom. The van der Waals surface area contributed by atoms with Crippen molar-refractivity contribution in [3.63, 3.8) is 0 Å². The molecular weight excluding hydrogens is 384 g/mol. The van der Waals surface area contributed by atoms with Gasteiger partial charge in [-0.15, -0.1) is 0 Å². The van der Waals surface area contributed by atoms with E-state index in [1.54, 1.807) is 12.0 Å². The van der Waals surface area contributed by atoms with Crippen LogP contribution in [0.4, 0.5) is 5.69 Å². The molecule has 1 fully saturated rings. The van der Waals surface area contributed by atoms with Crippen molar-refractivity contribution >= 4 is 23.5 Å². The largest absolute Gasteiger partial charge is 0.497 e. The predicted octanol–water partition coefficient (Wildman–Crippen LogP) is 2.60. The van der Waals surface area contributed by atoms with Crippen molar-refractivity contribution in [3.8, 4) is 5.75 Å². The van der Waals surface area contributed by atoms with E-state index < -0.39 is 18.0 Å². The zero-order chi connectivity index (χ0) is 21.7. The van der Waals surface area contributed by atoms with E-state index in [9.17, 15) is 14.4 Å². The van der Waals surface area contributed by atoms with Gasteiger partial charge >= 0.3 is 5.97 Å². The summed E-state index contributed by atoms with van der Waals surface area (Å²) in [6.45, 7) is 4.06. The summed E-state index contributed by atoms with van der Waals surface area (Å²) in [6.07, 6.45) is -0.869. The number of nitrogens with zero attached hydrogens (tertiary/aromatic N) is 1. The summed E-state index contributed by atoms with van der Waals surface area (Å²) in [5.41, 5.74) is 2.75. The lowest BCUT2D eigenvalue weighted by Gasteiger charge is -2.18. The predicted molar refractivity (Wildman–Crippen MR) is 112 cm³/mol. The molecule has 1 saturated heterocycles. The van der Waals surface area contributed by atoms with E-state index in [-0.39, 0.29) is 24.8 Å². The molecule has 30 heavy (non-hydrogen) atoms. The maximum Gasteiger partial charge on any atom is 0.312 e. The Morgan fingerprint density at radius 1 is 1.13 bits per heavy atom. The van der Waals surface area contributed by atoms with E-state index in [1.165, 1.54) is 6.92 Å². The summed E-state index contributed by atoms with van der Waals surface area (Å²) in [6, 6.07) is 14.9. The second-order valence-electron chi connectivity index (χ2n) is 7.39. The van der Waals surface area contributed by atoms with Crippen molar-refractivity contribution in [2.24, 2.45) is 5.92 Å². The molecule has 0 radical (unpaired) electrons. The maximum atomic E-state index is 12.5. The van der Waals surface area contributed by atoms with E-state index in [0.717, 1.165) is 22.6 Å². The highest BCUT2D eigenvalue weighted by Crippen LogP contribution is 2.26. The molecule has 7 heteroatoms. The second kappa shape index (κ2) is 9.43. The van der Waals surface area contributed by atoms with E-state index in [1.807, 2.05) is 55.5 Å². The van der Waals surface area contributed by atoms with E-state index in [2.05, 4.69) is 5.32 Å². The van der Waals surface area contributed by atoms with Crippen LogP contribution in [0, 0.1) is 12.8 Å². The SMILES string of the molecule is COc1ccc(CNC(=O)[C@@H](C)OC(=O)[C@@H]2CC(=O)N(c3ccc(C)cc3)C2)cc1. The number of ether oxygens (including phenoxy) is 2. The van der Waals surface area contributed by atoms with Gasteiger partial charge in [0.05, 0.1) is 13.0 Å². The molecule has 0 saturated carbocycles. The number of carbonyl (C=O) groups is 3. The van der Waals surface area contributed by atoms with E-state index >= 15 is 0 Å². The van der Waals surface area contributed by atoms with Crippen molar-refractivity contribution in [3.05, 3.63) is 59.7 Å². The van der Waals surface area contributed by atoms with Crippen LogP contribution in [-0.4, -0.2) is 37.5 Å². The topological polar surface area (TPSA) is 84.9 Å². The fraction of sp³-hybridized carbons (Fsp3) is 0.348. The molecule has 0 aliphatic carbocycles. The lowest BCUT2D eigenvalue weighted by atomic mass is 10.1. The third kappa shape index (κ3) is 5.17. The van der Waals surface area contributed by atoms with Crippen molar-refractivity contribution < 1.29 is 23.9 Å². The molecule has 2 aromatic carbocycles. The molecule has 1 heterocycles. The van der Waals surface area contributed by atoms with Crippen LogP contribution in [0.1, 0.15) is 24.5 Å². The summed E-state index contributed by atoms with van der Waals surface area (Å²) < 4.78 is 10.4. The Balaban J connectivity index is 1.50. The number of benzene rings is 2. The van der Waals surface area contributed by atoms with Gasteiger partial charge in [-0.25, -0.2) is 0 Å². The number of carbonyl (C=O) groups excluding carboxylic acids is 3. The summed E-state index contributed by atoms with van der Waals surface area (Å²) in [5.74, 6) is -0.907. The standard InChI is InChI=1S/C23H26N2O5/c1-15-4-8-19(9-5-15)25-14-18(12-21(25)26)23(28)30-16(2)22(27)24-13-17-6-10-20(29-3)11-7-17/h4-11,16,18H,12-14H2,1-3H3,(H,24,27)/t16-,18-/m1/s1. The molecule has 2 amide bonds. The third-order valence-corrected chi connectivity index (χ3v) is 5.09. The quantitative estimate of drug-likeness (QED) is 0.710. The van der Waals surface area contributed by atoms with Gasteiger partial charge in [0.2, 0.25) is 5.91 Å². The van der Waals surface area contributed by atoms with Gasteiger partial charge in [0.1, 0.15) is 5.75 Å². The van der Waals surface area contributed by atoms with Gasteiger partial charge < -0.3 is 19.7 Å². The molecule has 2 aromatic rings. The van der Waals surface area contributed by atoms with Crippen LogP contribution in [0.25, 0.3) is 0 Å². The maximum absolute atomic E-state index is 12.5. The lowest BCUT2D eigenvalue weighted by molar-refractivity contribution is -0.158. The van der Waals surface area contributed by atoms with Crippen LogP contribution in [-0.2, 0) is 25.7 Å². The number of aryl methyl sites for hydroxylation is 1. The Labute approximate surface area is 176 Å². The fourth-order valence-corrected chi connectivity index (χ4v) is 3.24. The van der Waals surface area contributed by atoms with Crippen LogP contribution in [0.15, 0.2) is 48.5 Å². The van der Waals surface area contributed by atoms with Crippen LogP contribution >= 0.6 is 0 Å². The lowest BCUT2D eigenvalue weighted by Crippen LogP contribution is -2.37. The first-order valence-corrected chi connectivity index (χ1v) is 9.85. The fourth-order valence-electron chi connectivity index (χ4n) is 3.24. The minimum Gasteiger partial charge on any atom is -0.497 e. The van der Waals surface area contributed by atoms with Crippen LogP contribution in [0.2, 0.25) is 0 Å². The Morgan fingerprint density at radius 3 is 2.43 bits per heavy atom. The molecule has 0 aromatic heterocycles. The number of esters is 1. The molecule has 0 bridgehead atoms. The first kappa shape index (κ1) is 21.4. The van der Waals surface area contributed by atoms with E-state index in [0.29, 0.717) is 6.54 Å². The number of hydrogen-bond donors (Lipinski definition) is 1. The number of amides is 2. The number of rotatable bonds is 7. The van der Waals surface area contributed by atoms with Crippen LogP contribution < -0.4 is 15.0 Å². The first-order valence-electron chi connectivity index (χ1n) is 9.85. The van der Waals surface area contributed by atoms with Gasteiger partial charge in [0.15, 0.2) is 6.10 Å². The number of nitrogens with one attached hydrogen (secondary N) is 1. The minimum absolute atomic E-state index is 0.0763. The van der Waals surface area contributed by atoms with Crippen molar-refractivity contribution in [1.82, 2.24) is 5.32 Å². The average Bonchev–Trinajstić information content (AvgIpc) is 3.14. The molecule has 7 nitrogen and oxygen atoms in total. The van der Waals surface area contributed by atoms with Crippen molar-refractivity contribution in [2.75, 3.05) is 18.6 Å². The number of methoxy groups -OCH3 is 1. The van der Waals surface area contributed by atoms with E-state index in [4.69, 9.17) is 9.47 Å². The van der Waals surface area contributed by atoms with Gasteiger partial charge in [0.25, 0.3) is 5.91 Å². The normalized spacial score (nSPS) is 16.8. The monoisotopic (exact) mass is 410 g/mol. The molecule has 1 N–H and O–H groups in total. The molecular formula is C23H26N2O5. The second-order valence-corrected chi connectivity index (χ2v) is 7.39. The van der Waals surface area contributed by atoms with Gasteiger partial charge in [-0.2, -0.15) is 0 Å². The highest BCUT2D eigenvalue weighted by atomic mass is 16.5. The van der Waals surface area contributed by atoms with Crippen LogP contribution in [0.3, 0.4) is 0 Å². The zero-order valence-corrected chi connectivity index (χ0v) is 17.4. The smallest absolute Gasteiger partial charge is 0.312 e. The van der Waals surface area contributed by atoms with Crippen molar-refractivity contribution in [2.45, 2.75) is 32.9 Å². The Hall–Kier alpha value is -3.35. The van der Waals surface area contributed by atoms with Crippen LogP contribution in [0.5, 0.6) is 5.75 Å². The molecule has 0 unspecified atom stereocenters. The van der Waals surface area contributed by atoms with Crippen molar-refractivity contribution in [1.29, 1.82) is 0 Å². The van der Waals surface area contributed by atoms with Gasteiger partial charge in [-0.3, -0.25) is 14.4 Å². The highest BCUT2D eigenvalue weighted by Gasteiger charge is 2.37. The number of hydrogen-bond acceptors (Lipinski definition) is 5. The Bertz CT molecular complexity index is 908. The summed E-state index contributed by atoms with van der Waals surface area (Å²) in [5, 5.41) is 2.75.